The van der Waals surface area contributed by atoms with Gasteiger partial charge in [0, 0.05) is 22.4 Å². The van der Waals surface area contributed by atoms with Gasteiger partial charge in [-0.25, -0.2) is 0 Å². The molecule has 0 spiro atoms. The van der Waals surface area contributed by atoms with Crippen molar-refractivity contribution in [2.75, 3.05) is 19.0 Å². The van der Waals surface area contributed by atoms with E-state index in [1.807, 2.05) is 11.8 Å². The van der Waals surface area contributed by atoms with Gasteiger partial charge in [0.15, 0.2) is 0 Å². The van der Waals surface area contributed by atoms with Crippen LogP contribution in [0.5, 0.6) is 0 Å². The number of aliphatic hydroxyl groups excluding tert-OH is 1. The minimum Gasteiger partial charge on any atom is -0.388 e. The number of rotatable bonds is 11. The maximum Gasteiger partial charge on any atom is 0.0790 e. The van der Waals surface area contributed by atoms with Crippen LogP contribution in [0.25, 0.3) is 0 Å². The second-order valence-electron chi connectivity index (χ2n) is 6.91. The van der Waals surface area contributed by atoms with Crippen molar-refractivity contribution < 1.29 is 9.84 Å². The minimum atomic E-state index is -0.315. The highest BCUT2D eigenvalue weighted by atomic mass is 79.9. The molecule has 1 saturated carbocycles. The highest BCUT2D eigenvalue weighted by molar-refractivity contribution is 9.09. The summed E-state index contributed by atoms with van der Waals surface area (Å²) in [6.45, 7) is 5.89. The first kappa shape index (κ1) is 21.3. The Balaban J connectivity index is 1.92. The average molecular weight is 429 g/mol. The van der Waals surface area contributed by atoms with Crippen molar-refractivity contribution in [3.63, 3.8) is 0 Å². The Bertz CT molecular complexity index is 479. The van der Waals surface area contributed by atoms with Crippen LogP contribution in [0.2, 0.25) is 0 Å². The van der Waals surface area contributed by atoms with Crippen molar-refractivity contribution in [2.24, 2.45) is 0 Å². The van der Waals surface area contributed by atoms with Gasteiger partial charge >= 0.3 is 0 Å². The summed E-state index contributed by atoms with van der Waals surface area (Å²) in [5.41, 5.74) is 2.48. The summed E-state index contributed by atoms with van der Waals surface area (Å²) in [6.07, 6.45) is 6.53. The number of alkyl halides is 1. The van der Waals surface area contributed by atoms with Crippen LogP contribution < -0.4 is 0 Å². The molecular formula is C21H33BrO2S. The number of unbranched alkanes of at least 4 members (excludes halogenated alkanes) is 2. The fraction of sp³-hybridized carbons (Fsp3) is 0.714. The van der Waals surface area contributed by atoms with E-state index in [2.05, 4.69) is 54.0 Å². The van der Waals surface area contributed by atoms with Gasteiger partial charge in [0.25, 0.3) is 0 Å². The van der Waals surface area contributed by atoms with Gasteiger partial charge in [0.05, 0.1) is 12.7 Å². The molecule has 1 aliphatic carbocycles. The normalized spacial score (nSPS) is 24.6. The van der Waals surface area contributed by atoms with Crippen LogP contribution in [0.15, 0.2) is 24.3 Å². The quantitative estimate of drug-likeness (QED) is 0.342. The third kappa shape index (κ3) is 6.57. The molecule has 0 aliphatic heterocycles. The predicted molar refractivity (Wildman–Crippen MR) is 113 cm³/mol. The first-order chi connectivity index (χ1) is 12.2. The lowest BCUT2D eigenvalue weighted by Crippen LogP contribution is -2.18. The third-order valence-electron chi connectivity index (χ3n) is 5.08. The average Bonchev–Trinajstić information content (AvgIpc) is 3.00. The van der Waals surface area contributed by atoms with Crippen LogP contribution in [0.3, 0.4) is 0 Å². The number of halogens is 1. The van der Waals surface area contributed by atoms with Crippen molar-refractivity contribution in [3.8, 4) is 0 Å². The van der Waals surface area contributed by atoms with Crippen LogP contribution in [0, 0.1) is 0 Å². The van der Waals surface area contributed by atoms with Crippen LogP contribution in [-0.2, 0) is 4.74 Å². The molecule has 0 amide bonds. The monoisotopic (exact) mass is 428 g/mol. The first-order valence-electron chi connectivity index (χ1n) is 9.78. The van der Waals surface area contributed by atoms with Gasteiger partial charge in [-0.1, -0.05) is 66.4 Å². The Morgan fingerprint density at radius 3 is 2.64 bits per heavy atom. The second-order valence-corrected chi connectivity index (χ2v) is 9.37. The zero-order valence-corrected chi connectivity index (χ0v) is 18.0. The molecular weight excluding hydrogens is 396 g/mol. The van der Waals surface area contributed by atoms with Crippen molar-refractivity contribution >= 4 is 27.7 Å². The van der Waals surface area contributed by atoms with Crippen LogP contribution in [0.1, 0.15) is 75.5 Å². The van der Waals surface area contributed by atoms with E-state index in [9.17, 15) is 5.11 Å². The molecule has 1 N–H and O–H groups in total. The van der Waals surface area contributed by atoms with Crippen LogP contribution in [-0.4, -0.2) is 34.2 Å². The van der Waals surface area contributed by atoms with E-state index in [0.29, 0.717) is 16.0 Å². The highest BCUT2D eigenvalue weighted by Crippen LogP contribution is 2.45. The minimum absolute atomic E-state index is 0.315. The molecule has 1 aromatic rings. The zero-order chi connectivity index (χ0) is 18.1. The molecule has 0 radical (unpaired) electrons. The summed E-state index contributed by atoms with van der Waals surface area (Å²) >= 11 is 5.92. The third-order valence-corrected chi connectivity index (χ3v) is 7.90. The lowest BCUT2D eigenvalue weighted by molar-refractivity contribution is 0.163. The fourth-order valence-electron chi connectivity index (χ4n) is 3.60. The number of hydrogen-bond acceptors (Lipinski definition) is 3. The van der Waals surface area contributed by atoms with Crippen LogP contribution >= 0.6 is 27.7 Å². The summed E-state index contributed by atoms with van der Waals surface area (Å²) in [6, 6.07) is 8.75. The van der Waals surface area contributed by atoms with Gasteiger partial charge in [0.2, 0.25) is 0 Å². The lowest BCUT2D eigenvalue weighted by atomic mass is 9.94. The summed E-state index contributed by atoms with van der Waals surface area (Å²) in [4.78, 5) is 0.587. The van der Waals surface area contributed by atoms with E-state index in [1.165, 1.54) is 31.2 Å². The number of thioether (sulfide) groups is 1. The molecule has 0 saturated heterocycles. The highest BCUT2D eigenvalue weighted by Gasteiger charge is 2.35. The van der Waals surface area contributed by atoms with E-state index in [-0.39, 0.29) is 6.10 Å². The number of aliphatic hydroxyl groups is 1. The first-order valence-corrected chi connectivity index (χ1v) is 11.7. The Hall–Kier alpha value is -0.0300. The molecule has 142 valence electrons. The number of benzene rings is 1. The summed E-state index contributed by atoms with van der Waals surface area (Å²) in [5, 5.41) is 11.0. The lowest BCUT2D eigenvalue weighted by Gasteiger charge is -2.22. The molecule has 2 rings (SSSR count). The van der Waals surface area contributed by atoms with Crippen molar-refractivity contribution in [2.45, 2.75) is 74.5 Å². The largest absolute Gasteiger partial charge is 0.388 e. The summed E-state index contributed by atoms with van der Waals surface area (Å²) in [7, 11) is 0. The van der Waals surface area contributed by atoms with E-state index in [0.717, 1.165) is 37.4 Å². The number of ether oxygens (including phenoxy) is 1. The zero-order valence-electron chi connectivity index (χ0n) is 15.6. The Morgan fingerprint density at radius 2 is 1.96 bits per heavy atom. The number of hydrogen-bond donors (Lipinski definition) is 1. The molecule has 2 nitrogen and oxygen atoms in total. The SMILES string of the molecule is CCCCCC(O)c1ccc(C2CCC(Br)C2SCCOCC)cc1. The molecule has 4 atom stereocenters. The second kappa shape index (κ2) is 11.6. The van der Waals surface area contributed by atoms with E-state index >= 15 is 0 Å². The predicted octanol–water partition coefficient (Wildman–Crippen LogP) is 6.08. The molecule has 1 aromatic carbocycles. The van der Waals surface area contributed by atoms with Gasteiger partial charge < -0.3 is 9.84 Å². The molecule has 0 aromatic heterocycles. The Morgan fingerprint density at radius 1 is 1.20 bits per heavy atom. The van der Waals surface area contributed by atoms with Crippen molar-refractivity contribution in [1.82, 2.24) is 0 Å². The fourth-order valence-corrected chi connectivity index (χ4v) is 6.05. The van der Waals surface area contributed by atoms with Gasteiger partial charge in [-0.15, -0.1) is 0 Å². The smallest absolute Gasteiger partial charge is 0.0790 e. The molecule has 0 heterocycles. The maximum absolute atomic E-state index is 10.3. The topological polar surface area (TPSA) is 29.5 Å². The Kier molecular flexibility index (Phi) is 9.90. The molecule has 4 unspecified atom stereocenters. The molecule has 0 bridgehead atoms. The molecule has 1 fully saturated rings. The van der Waals surface area contributed by atoms with Crippen LogP contribution in [0.4, 0.5) is 0 Å². The molecule has 1 aliphatic rings. The van der Waals surface area contributed by atoms with Crippen molar-refractivity contribution in [3.05, 3.63) is 35.4 Å². The van der Waals surface area contributed by atoms with E-state index < -0.39 is 0 Å². The standard InChI is InChI=1S/C21H33BrO2S/c1-3-5-6-7-20(23)17-10-8-16(9-11-17)18-12-13-19(22)21(18)25-15-14-24-4-2/h8-11,18-21,23H,3-7,12-15H2,1-2H3. The summed E-state index contributed by atoms with van der Waals surface area (Å²) in [5.74, 6) is 1.66. The van der Waals surface area contributed by atoms with Gasteiger partial charge in [-0.2, -0.15) is 11.8 Å². The van der Waals surface area contributed by atoms with E-state index in [4.69, 9.17) is 4.74 Å². The maximum atomic E-state index is 10.3. The van der Waals surface area contributed by atoms with Gasteiger partial charge in [0.1, 0.15) is 0 Å². The molecule has 4 heteroatoms. The van der Waals surface area contributed by atoms with Crippen molar-refractivity contribution in [1.29, 1.82) is 0 Å². The Labute approximate surface area is 166 Å². The van der Waals surface area contributed by atoms with Gasteiger partial charge in [-0.05, 0) is 43.2 Å². The van der Waals surface area contributed by atoms with Gasteiger partial charge in [-0.3, -0.25) is 0 Å². The summed E-state index contributed by atoms with van der Waals surface area (Å²) < 4.78 is 5.49. The van der Waals surface area contributed by atoms with E-state index in [1.54, 1.807) is 0 Å². The molecule has 25 heavy (non-hydrogen) atoms.